The number of hydrogen-bond acceptors (Lipinski definition) is 3. The van der Waals surface area contributed by atoms with Gasteiger partial charge in [0.15, 0.2) is 0 Å². The zero-order valence-corrected chi connectivity index (χ0v) is 6.24. The fourth-order valence-corrected chi connectivity index (χ4v) is 0.626. The van der Waals surface area contributed by atoms with Crippen molar-refractivity contribution in [2.24, 2.45) is 0 Å². The summed E-state index contributed by atoms with van der Waals surface area (Å²) in [6.07, 6.45) is 0. The minimum atomic E-state index is -0.980. The standard InChI is InChI=1S/C6H13NO3/c1-3-7(2)5(4-8)6(9)10/h5,8H,3-4H2,1-2H3,(H,9,10). The Morgan fingerprint density at radius 1 is 1.70 bits per heavy atom. The lowest BCUT2D eigenvalue weighted by atomic mass is 10.3. The smallest absolute Gasteiger partial charge is 0.323 e. The molecule has 4 nitrogen and oxygen atoms in total. The fourth-order valence-electron chi connectivity index (χ4n) is 0.626. The molecule has 0 aromatic rings. The van der Waals surface area contributed by atoms with Gasteiger partial charge in [0.2, 0.25) is 0 Å². The molecule has 60 valence electrons. The number of nitrogens with zero attached hydrogens (tertiary/aromatic N) is 1. The maximum atomic E-state index is 10.3. The Morgan fingerprint density at radius 2 is 2.20 bits per heavy atom. The van der Waals surface area contributed by atoms with Crippen LogP contribution in [0.25, 0.3) is 0 Å². The minimum absolute atomic E-state index is 0.334. The number of carboxylic acid groups (broad SMARTS) is 1. The van der Waals surface area contributed by atoms with Crippen LogP contribution in [0.15, 0.2) is 0 Å². The van der Waals surface area contributed by atoms with Crippen LogP contribution in [-0.4, -0.2) is 47.3 Å². The first-order valence-corrected chi connectivity index (χ1v) is 3.17. The molecule has 10 heavy (non-hydrogen) atoms. The second-order valence-electron chi connectivity index (χ2n) is 2.11. The second kappa shape index (κ2) is 4.24. The van der Waals surface area contributed by atoms with Crippen LogP contribution >= 0.6 is 0 Å². The van der Waals surface area contributed by atoms with Gasteiger partial charge in [0.1, 0.15) is 6.04 Å². The van der Waals surface area contributed by atoms with Crippen LogP contribution < -0.4 is 0 Å². The molecule has 2 N–H and O–H groups in total. The molecule has 0 saturated carbocycles. The van der Waals surface area contributed by atoms with Crippen LogP contribution in [0.2, 0.25) is 0 Å². The Hall–Kier alpha value is -0.610. The Labute approximate surface area is 60.1 Å². The molecule has 0 radical (unpaired) electrons. The molecular weight excluding hydrogens is 134 g/mol. The SMILES string of the molecule is CCN(C)C(CO)C(=O)O. The van der Waals surface area contributed by atoms with Crippen LogP contribution in [0.3, 0.4) is 0 Å². The Balaban J connectivity index is 3.92. The molecule has 0 aliphatic carbocycles. The van der Waals surface area contributed by atoms with Gasteiger partial charge >= 0.3 is 5.97 Å². The third-order valence-corrected chi connectivity index (χ3v) is 1.49. The summed E-state index contributed by atoms with van der Waals surface area (Å²) in [5.74, 6) is -0.980. The molecular formula is C6H13NO3. The van der Waals surface area contributed by atoms with Gasteiger partial charge < -0.3 is 10.2 Å². The molecule has 1 atom stereocenters. The number of rotatable bonds is 4. The first-order valence-electron chi connectivity index (χ1n) is 3.17. The summed E-state index contributed by atoms with van der Waals surface area (Å²) in [6, 6.07) is -0.759. The monoisotopic (exact) mass is 147 g/mol. The Bertz CT molecular complexity index is 116. The van der Waals surface area contributed by atoms with Gasteiger partial charge in [0.05, 0.1) is 6.61 Å². The van der Waals surface area contributed by atoms with Crippen LogP contribution in [0.4, 0.5) is 0 Å². The minimum Gasteiger partial charge on any atom is -0.480 e. The lowest BCUT2D eigenvalue weighted by molar-refractivity contribution is -0.144. The molecule has 0 amide bonds. The molecule has 0 rings (SSSR count). The van der Waals surface area contributed by atoms with Crippen molar-refractivity contribution in [3.05, 3.63) is 0 Å². The number of likely N-dealkylation sites (N-methyl/N-ethyl adjacent to an activating group) is 1. The molecule has 0 aromatic heterocycles. The van der Waals surface area contributed by atoms with Crippen molar-refractivity contribution in [1.82, 2.24) is 4.90 Å². The first-order chi connectivity index (χ1) is 4.63. The largest absolute Gasteiger partial charge is 0.480 e. The lowest BCUT2D eigenvalue weighted by Crippen LogP contribution is -2.40. The van der Waals surface area contributed by atoms with Crippen molar-refractivity contribution in [2.45, 2.75) is 13.0 Å². The van der Waals surface area contributed by atoms with Gasteiger partial charge in [0, 0.05) is 0 Å². The van der Waals surface area contributed by atoms with E-state index in [9.17, 15) is 4.79 Å². The van der Waals surface area contributed by atoms with Crippen molar-refractivity contribution >= 4 is 5.97 Å². The molecule has 0 aliphatic rings. The normalized spacial score (nSPS) is 13.6. The summed E-state index contributed by atoms with van der Waals surface area (Å²) in [6.45, 7) is 2.13. The van der Waals surface area contributed by atoms with E-state index in [1.54, 1.807) is 11.9 Å². The highest BCUT2D eigenvalue weighted by Crippen LogP contribution is 1.93. The van der Waals surface area contributed by atoms with E-state index >= 15 is 0 Å². The summed E-state index contributed by atoms with van der Waals surface area (Å²) in [7, 11) is 1.66. The molecule has 0 aromatic carbocycles. The number of aliphatic hydroxyl groups excluding tert-OH is 1. The molecule has 0 fully saturated rings. The number of aliphatic carboxylic acids is 1. The van der Waals surface area contributed by atoms with Crippen LogP contribution in [-0.2, 0) is 4.79 Å². The molecule has 4 heteroatoms. The maximum Gasteiger partial charge on any atom is 0.323 e. The fraction of sp³-hybridized carbons (Fsp3) is 0.833. The van der Waals surface area contributed by atoms with Crippen LogP contribution in [0, 0.1) is 0 Å². The predicted molar refractivity (Wildman–Crippen MR) is 36.8 cm³/mol. The quantitative estimate of drug-likeness (QED) is 0.556. The zero-order valence-electron chi connectivity index (χ0n) is 6.24. The molecule has 0 spiro atoms. The highest BCUT2D eigenvalue weighted by molar-refractivity contribution is 5.73. The Morgan fingerprint density at radius 3 is 2.30 bits per heavy atom. The molecule has 1 unspecified atom stereocenters. The van der Waals surface area contributed by atoms with Gasteiger partial charge in [-0.1, -0.05) is 6.92 Å². The Kier molecular flexibility index (Phi) is 3.99. The summed E-state index contributed by atoms with van der Waals surface area (Å²) in [4.78, 5) is 11.9. The molecule has 0 bridgehead atoms. The van der Waals surface area contributed by atoms with E-state index in [2.05, 4.69) is 0 Å². The van der Waals surface area contributed by atoms with Gasteiger partial charge in [-0.2, -0.15) is 0 Å². The van der Waals surface area contributed by atoms with Crippen molar-refractivity contribution in [2.75, 3.05) is 20.2 Å². The van der Waals surface area contributed by atoms with E-state index in [1.807, 2.05) is 6.92 Å². The average Bonchev–Trinajstić information content (AvgIpc) is 1.88. The van der Waals surface area contributed by atoms with Crippen molar-refractivity contribution in [1.29, 1.82) is 0 Å². The topological polar surface area (TPSA) is 60.8 Å². The molecule has 0 heterocycles. The van der Waals surface area contributed by atoms with Crippen molar-refractivity contribution in [3.63, 3.8) is 0 Å². The second-order valence-corrected chi connectivity index (χ2v) is 2.11. The van der Waals surface area contributed by atoms with Crippen LogP contribution in [0.1, 0.15) is 6.92 Å². The van der Waals surface area contributed by atoms with Gasteiger partial charge in [0.25, 0.3) is 0 Å². The lowest BCUT2D eigenvalue weighted by Gasteiger charge is -2.20. The van der Waals surface area contributed by atoms with Gasteiger partial charge in [-0.15, -0.1) is 0 Å². The molecule has 0 saturated heterocycles. The van der Waals surface area contributed by atoms with Gasteiger partial charge in [-0.3, -0.25) is 9.69 Å². The summed E-state index contributed by atoms with van der Waals surface area (Å²) >= 11 is 0. The third kappa shape index (κ3) is 2.33. The van der Waals surface area contributed by atoms with E-state index in [4.69, 9.17) is 10.2 Å². The number of aliphatic hydroxyl groups is 1. The van der Waals surface area contributed by atoms with Gasteiger partial charge in [-0.05, 0) is 13.6 Å². The maximum absolute atomic E-state index is 10.3. The van der Waals surface area contributed by atoms with Crippen LogP contribution in [0.5, 0.6) is 0 Å². The highest BCUT2D eigenvalue weighted by Gasteiger charge is 2.19. The van der Waals surface area contributed by atoms with E-state index in [0.717, 1.165) is 0 Å². The molecule has 0 aliphatic heterocycles. The number of carbonyl (C=O) groups is 1. The number of hydrogen-bond donors (Lipinski definition) is 2. The predicted octanol–water partition coefficient (Wildman–Crippen LogP) is -0.616. The summed E-state index contributed by atoms with van der Waals surface area (Å²) in [5.41, 5.74) is 0. The summed E-state index contributed by atoms with van der Waals surface area (Å²) < 4.78 is 0. The van der Waals surface area contributed by atoms with Crippen molar-refractivity contribution < 1.29 is 15.0 Å². The van der Waals surface area contributed by atoms with Crippen molar-refractivity contribution in [3.8, 4) is 0 Å². The van der Waals surface area contributed by atoms with E-state index < -0.39 is 12.0 Å². The van der Waals surface area contributed by atoms with Gasteiger partial charge in [-0.25, -0.2) is 0 Å². The first kappa shape index (κ1) is 9.39. The zero-order chi connectivity index (χ0) is 8.15. The summed E-state index contributed by atoms with van der Waals surface area (Å²) in [5, 5.41) is 17.0. The van der Waals surface area contributed by atoms with E-state index in [-0.39, 0.29) is 6.61 Å². The average molecular weight is 147 g/mol. The highest BCUT2D eigenvalue weighted by atomic mass is 16.4. The third-order valence-electron chi connectivity index (χ3n) is 1.49. The number of carboxylic acids is 1. The van der Waals surface area contributed by atoms with E-state index in [0.29, 0.717) is 6.54 Å². The van der Waals surface area contributed by atoms with E-state index in [1.165, 1.54) is 0 Å².